The van der Waals surface area contributed by atoms with Crippen LogP contribution >= 0.6 is 22.7 Å². The number of hydrogen-bond donors (Lipinski definition) is 1. The Labute approximate surface area is 184 Å². The number of thiophene rings is 1. The zero-order valence-corrected chi connectivity index (χ0v) is 19.1. The largest absolute Gasteiger partial charge is 0.347 e. The molecule has 0 saturated carbocycles. The summed E-state index contributed by atoms with van der Waals surface area (Å²) in [6.07, 6.45) is 2.87. The van der Waals surface area contributed by atoms with Crippen LogP contribution in [0.15, 0.2) is 46.7 Å². The summed E-state index contributed by atoms with van der Waals surface area (Å²) in [7, 11) is -3.49. The van der Waals surface area contributed by atoms with Crippen LogP contribution in [0.2, 0.25) is 0 Å². The molecule has 0 atom stereocenters. The van der Waals surface area contributed by atoms with Crippen molar-refractivity contribution in [3.05, 3.63) is 57.9 Å². The van der Waals surface area contributed by atoms with Gasteiger partial charge in [0.1, 0.15) is 9.88 Å². The normalized spacial score (nSPS) is 15.2. The van der Waals surface area contributed by atoms with Crippen LogP contribution in [0.3, 0.4) is 0 Å². The van der Waals surface area contributed by atoms with Crippen molar-refractivity contribution in [1.82, 2.24) is 14.6 Å². The lowest BCUT2D eigenvalue weighted by molar-refractivity contribution is 0.0954. The highest BCUT2D eigenvalue weighted by Crippen LogP contribution is 2.31. The Morgan fingerprint density at radius 2 is 1.97 bits per heavy atom. The number of carbonyl (C=O) groups is 1. The van der Waals surface area contributed by atoms with Crippen LogP contribution in [0.1, 0.15) is 40.2 Å². The number of hydrogen-bond acceptors (Lipinski definition) is 6. The van der Waals surface area contributed by atoms with Crippen LogP contribution in [0.25, 0.3) is 9.88 Å². The van der Waals surface area contributed by atoms with Gasteiger partial charge in [-0.25, -0.2) is 13.4 Å². The lowest BCUT2D eigenvalue weighted by atomic mass is 10.2. The number of carbonyl (C=O) groups excluding carboxylic acids is 1. The predicted molar refractivity (Wildman–Crippen MR) is 120 cm³/mol. The zero-order chi connectivity index (χ0) is 21.1. The maximum absolute atomic E-state index is 12.9. The van der Waals surface area contributed by atoms with Crippen LogP contribution in [0.4, 0.5) is 0 Å². The number of benzene rings is 1. The van der Waals surface area contributed by atoms with Gasteiger partial charge in [0.2, 0.25) is 10.0 Å². The Kier molecular flexibility index (Phi) is 6.33. The molecule has 3 heterocycles. The number of rotatable bonds is 6. The summed E-state index contributed by atoms with van der Waals surface area (Å²) in [4.78, 5) is 19.1. The minimum absolute atomic E-state index is 0.197. The van der Waals surface area contributed by atoms with E-state index in [2.05, 4.69) is 10.3 Å². The summed E-state index contributed by atoms with van der Waals surface area (Å²) in [6, 6.07) is 10.8. The zero-order valence-electron chi connectivity index (χ0n) is 16.6. The number of aromatic nitrogens is 1. The molecule has 3 aromatic rings. The average molecular weight is 462 g/mol. The number of aryl methyl sites for hydroxylation is 1. The number of piperidine rings is 1. The summed E-state index contributed by atoms with van der Waals surface area (Å²) in [5.41, 5.74) is 1.45. The fourth-order valence-electron chi connectivity index (χ4n) is 3.45. The van der Waals surface area contributed by atoms with Gasteiger partial charge < -0.3 is 5.32 Å². The molecule has 0 bridgehead atoms. The first-order valence-corrected chi connectivity index (χ1v) is 13.0. The summed E-state index contributed by atoms with van der Waals surface area (Å²) in [6.45, 7) is 3.23. The molecule has 0 aliphatic carbocycles. The summed E-state index contributed by atoms with van der Waals surface area (Å²) >= 11 is 2.96. The minimum Gasteiger partial charge on any atom is -0.347 e. The molecular weight excluding hydrogens is 438 g/mol. The van der Waals surface area contributed by atoms with Gasteiger partial charge in [0.15, 0.2) is 0 Å². The number of nitrogens with one attached hydrogen (secondary N) is 1. The highest BCUT2D eigenvalue weighted by molar-refractivity contribution is 7.89. The van der Waals surface area contributed by atoms with Gasteiger partial charge in [0, 0.05) is 19.6 Å². The second kappa shape index (κ2) is 8.97. The molecule has 30 heavy (non-hydrogen) atoms. The third-order valence-electron chi connectivity index (χ3n) is 5.04. The highest BCUT2D eigenvalue weighted by atomic mass is 32.2. The van der Waals surface area contributed by atoms with Crippen molar-refractivity contribution in [2.45, 2.75) is 37.6 Å². The molecule has 1 fully saturated rings. The standard InChI is InChI=1S/C21H23N3O3S3/c1-15-19(29-21(23-15)18-9-6-12-28-18)20(25)22-14-16-7-5-8-17(13-16)30(26,27)24-10-3-2-4-11-24/h5-9,12-13H,2-4,10-11,14H2,1H3,(H,22,25). The second-order valence-corrected chi connectivity index (χ2v) is 11.1. The van der Waals surface area contributed by atoms with E-state index in [4.69, 9.17) is 0 Å². The molecule has 0 spiro atoms. The Morgan fingerprint density at radius 1 is 1.17 bits per heavy atom. The molecule has 1 aliphatic heterocycles. The quantitative estimate of drug-likeness (QED) is 0.594. The lowest BCUT2D eigenvalue weighted by Gasteiger charge is -2.26. The minimum atomic E-state index is -3.49. The third-order valence-corrected chi connectivity index (χ3v) is 9.13. The molecule has 1 saturated heterocycles. The third kappa shape index (κ3) is 4.49. The number of amides is 1. The topological polar surface area (TPSA) is 79.4 Å². The Hall–Kier alpha value is -2.07. The predicted octanol–water partition coefficient (Wildman–Crippen LogP) is 4.28. The van der Waals surface area contributed by atoms with Gasteiger partial charge >= 0.3 is 0 Å². The first-order chi connectivity index (χ1) is 14.4. The van der Waals surface area contributed by atoms with E-state index in [-0.39, 0.29) is 17.3 Å². The molecule has 4 rings (SSSR count). The molecule has 1 N–H and O–H groups in total. The van der Waals surface area contributed by atoms with Gasteiger partial charge in [-0.3, -0.25) is 4.79 Å². The number of thiazole rings is 1. The van der Waals surface area contributed by atoms with E-state index in [1.54, 1.807) is 33.8 Å². The molecular formula is C21H23N3O3S3. The Morgan fingerprint density at radius 3 is 2.70 bits per heavy atom. The van der Waals surface area contributed by atoms with Crippen LogP contribution < -0.4 is 5.32 Å². The van der Waals surface area contributed by atoms with Gasteiger partial charge in [0.05, 0.1) is 15.5 Å². The van der Waals surface area contributed by atoms with Crippen molar-refractivity contribution in [2.75, 3.05) is 13.1 Å². The molecule has 6 nitrogen and oxygen atoms in total. The molecule has 0 unspecified atom stereocenters. The highest BCUT2D eigenvalue weighted by Gasteiger charge is 2.26. The van der Waals surface area contributed by atoms with Crippen LogP contribution in [-0.4, -0.2) is 36.7 Å². The SMILES string of the molecule is Cc1nc(-c2cccs2)sc1C(=O)NCc1cccc(S(=O)(=O)N2CCCCC2)c1. The van der Waals surface area contributed by atoms with E-state index < -0.39 is 10.0 Å². The Balaban J connectivity index is 1.45. The second-order valence-electron chi connectivity index (χ2n) is 7.21. The maximum atomic E-state index is 12.9. The van der Waals surface area contributed by atoms with Crippen molar-refractivity contribution in [2.24, 2.45) is 0 Å². The van der Waals surface area contributed by atoms with Crippen molar-refractivity contribution < 1.29 is 13.2 Å². The molecule has 0 radical (unpaired) electrons. The van der Waals surface area contributed by atoms with Gasteiger partial charge in [-0.15, -0.1) is 22.7 Å². The molecule has 9 heteroatoms. The molecule has 158 valence electrons. The summed E-state index contributed by atoms with van der Waals surface area (Å²) in [5, 5.41) is 5.72. The fraction of sp³-hybridized carbons (Fsp3) is 0.333. The van der Waals surface area contributed by atoms with Crippen molar-refractivity contribution in [3.8, 4) is 9.88 Å². The van der Waals surface area contributed by atoms with E-state index >= 15 is 0 Å². The van der Waals surface area contributed by atoms with Crippen LogP contribution in [0.5, 0.6) is 0 Å². The number of sulfonamides is 1. The maximum Gasteiger partial charge on any atom is 0.263 e. The van der Waals surface area contributed by atoms with Crippen molar-refractivity contribution in [3.63, 3.8) is 0 Å². The summed E-state index contributed by atoms with van der Waals surface area (Å²) < 4.78 is 27.3. The van der Waals surface area contributed by atoms with Gasteiger partial charge in [0.25, 0.3) is 5.91 Å². The van der Waals surface area contributed by atoms with Gasteiger partial charge in [-0.05, 0) is 48.9 Å². The first kappa shape index (κ1) is 21.2. The van der Waals surface area contributed by atoms with Crippen molar-refractivity contribution >= 4 is 38.6 Å². The van der Waals surface area contributed by atoms with E-state index in [9.17, 15) is 13.2 Å². The number of nitrogens with zero attached hydrogens (tertiary/aromatic N) is 2. The molecule has 2 aromatic heterocycles. The van der Waals surface area contributed by atoms with Crippen LogP contribution in [0, 0.1) is 6.92 Å². The lowest BCUT2D eigenvalue weighted by Crippen LogP contribution is -2.35. The van der Waals surface area contributed by atoms with E-state index in [0.717, 1.165) is 34.7 Å². The Bertz CT molecular complexity index is 1130. The molecule has 1 aromatic carbocycles. The van der Waals surface area contributed by atoms with Gasteiger partial charge in [-0.1, -0.05) is 24.6 Å². The average Bonchev–Trinajstić information content (AvgIpc) is 3.43. The summed E-state index contributed by atoms with van der Waals surface area (Å²) in [5.74, 6) is -0.197. The van der Waals surface area contributed by atoms with Gasteiger partial charge in [-0.2, -0.15) is 4.31 Å². The monoisotopic (exact) mass is 461 g/mol. The fourth-order valence-corrected chi connectivity index (χ4v) is 6.81. The van der Waals surface area contributed by atoms with Crippen molar-refractivity contribution in [1.29, 1.82) is 0 Å². The van der Waals surface area contributed by atoms with E-state index in [1.807, 2.05) is 30.5 Å². The van der Waals surface area contributed by atoms with Crippen LogP contribution in [-0.2, 0) is 16.6 Å². The molecule has 1 amide bonds. The molecule has 1 aliphatic rings. The van der Waals surface area contributed by atoms with E-state index in [0.29, 0.717) is 23.7 Å². The smallest absolute Gasteiger partial charge is 0.263 e. The first-order valence-electron chi connectivity index (χ1n) is 9.84. The van der Waals surface area contributed by atoms with E-state index in [1.165, 1.54) is 11.3 Å².